The molecule has 19 heavy (non-hydrogen) atoms. The van der Waals surface area contributed by atoms with Gasteiger partial charge in [0.05, 0.1) is 6.26 Å². The molecular weight excluding hydrogens is 242 g/mol. The number of aryl methyl sites for hydroxylation is 1. The average molecular weight is 251 g/mol. The van der Waals surface area contributed by atoms with E-state index in [0.29, 0.717) is 11.4 Å². The lowest BCUT2D eigenvalue weighted by Crippen LogP contribution is -2.19. The van der Waals surface area contributed by atoms with E-state index in [1.807, 2.05) is 19.1 Å². The highest BCUT2D eigenvalue weighted by Crippen LogP contribution is 2.20. The molecule has 5 nitrogen and oxygen atoms in total. The lowest BCUT2D eigenvalue weighted by atomic mass is 10.2. The lowest BCUT2D eigenvalue weighted by molar-refractivity contribution is 0.579. The molecular formula is C14H9N3O2. The van der Waals surface area contributed by atoms with Crippen molar-refractivity contribution < 1.29 is 4.42 Å². The van der Waals surface area contributed by atoms with E-state index >= 15 is 0 Å². The first-order valence-electron chi connectivity index (χ1n) is 5.68. The Morgan fingerprint density at radius 1 is 1.37 bits per heavy atom. The molecule has 0 amide bonds. The number of fused-ring (bicyclic) bond motifs is 1. The maximum atomic E-state index is 12.3. The number of pyridine rings is 1. The molecule has 0 atom stereocenters. The summed E-state index contributed by atoms with van der Waals surface area (Å²) in [6.07, 6.45) is 3.09. The van der Waals surface area contributed by atoms with Crippen molar-refractivity contribution in [2.24, 2.45) is 0 Å². The fraction of sp³-hybridized carbons (Fsp3) is 0.0714. The fourth-order valence-electron chi connectivity index (χ4n) is 1.99. The number of nitrogens with zero attached hydrogens (tertiary/aromatic N) is 3. The predicted molar refractivity (Wildman–Crippen MR) is 68.6 cm³/mol. The number of hydrogen-bond donors (Lipinski definition) is 0. The number of furan rings is 1. The second-order valence-electron chi connectivity index (χ2n) is 4.11. The summed E-state index contributed by atoms with van der Waals surface area (Å²) in [5.41, 5.74) is 1.27. The second kappa shape index (κ2) is 4.10. The van der Waals surface area contributed by atoms with Crippen molar-refractivity contribution in [2.75, 3.05) is 0 Å². The first kappa shape index (κ1) is 11.2. The molecule has 3 aromatic heterocycles. The number of rotatable bonds is 1. The monoisotopic (exact) mass is 251 g/mol. The standard InChI is InChI=1S/C14H9N3O2/c1-9-4-2-6-17-13(9)16-12(10(8-15)14(17)18)11-5-3-7-19-11/h2-7H,1H3. The summed E-state index contributed by atoms with van der Waals surface area (Å²) >= 11 is 0. The van der Waals surface area contributed by atoms with Crippen LogP contribution in [0.2, 0.25) is 0 Å². The summed E-state index contributed by atoms with van der Waals surface area (Å²) in [6, 6.07) is 8.89. The minimum absolute atomic E-state index is 0.0157. The van der Waals surface area contributed by atoms with E-state index in [4.69, 9.17) is 4.42 Å². The van der Waals surface area contributed by atoms with Crippen LogP contribution in [0.5, 0.6) is 0 Å². The Kier molecular flexibility index (Phi) is 2.43. The molecule has 3 heterocycles. The molecule has 0 aliphatic rings. The Hall–Kier alpha value is -2.87. The van der Waals surface area contributed by atoms with Crippen LogP contribution in [0.15, 0.2) is 45.9 Å². The smallest absolute Gasteiger partial charge is 0.276 e. The maximum Gasteiger partial charge on any atom is 0.276 e. The summed E-state index contributed by atoms with van der Waals surface area (Å²) in [6.45, 7) is 1.86. The molecule has 0 aliphatic carbocycles. The van der Waals surface area contributed by atoms with Crippen molar-refractivity contribution in [3.63, 3.8) is 0 Å². The van der Waals surface area contributed by atoms with Gasteiger partial charge in [-0.3, -0.25) is 9.20 Å². The molecule has 0 aromatic carbocycles. The molecule has 92 valence electrons. The summed E-state index contributed by atoms with van der Waals surface area (Å²) in [4.78, 5) is 16.7. The highest BCUT2D eigenvalue weighted by molar-refractivity contribution is 5.65. The second-order valence-corrected chi connectivity index (χ2v) is 4.11. The Bertz CT molecular complexity index is 855. The normalized spacial score (nSPS) is 10.5. The van der Waals surface area contributed by atoms with Crippen LogP contribution in [0.1, 0.15) is 11.1 Å². The Balaban J connectivity index is 2.50. The van der Waals surface area contributed by atoms with Crippen LogP contribution in [0.3, 0.4) is 0 Å². The molecule has 0 saturated carbocycles. The third-order valence-electron chi connectivity index (χ3n) is 2.92. The topological polar surface area (TPSA) is 71.3 Å². The van der Waals surface area contributed by atoms with Gasteiger partial charge in [-0.15, -0.1) is 0 Å². The molecule has 0 fully saturated rings. The average Bonchev–Trinajstić information content (AvgIpc) is 2.93. The molecule has 0 aliphatic heterocycles. The first-order chi connectivity index (χ1) is 9.22. The number of aromatic nitrogens is 2. The van der Waals surface area contributed by atoms with Crippen molar-refractivity contribution in [3.8, 4) is 17.5 Å². The molecule has 0 radical (unpaired) electrons. The number of nitriles is 1. The summed E-state index contributed by atoms with van der Waals surface area (Å²) in [7, 11) is 0. The van der Waals surface area contributed by atoms with Gasteiger partial charge < -0.3 is 4.42 Å². The van der Waals surface area contributed by atoms with Crippen LogP contribution in [0, 0.1) is 18.3 Å². The van der Waals surface area contributed by atoms with Gasteiger partial charge in [-0.1, -0.05) is 6.07 Å². The third kappa shape index (κ3) is 1.62. The quantitative estimate of drug-likeness (QED) is 0.664. The Morgan fingerprint density at radius 2 is 2.21 bits per heavy atom. The van der Waals surface area contributed by atoms with Gasteiger partial charge in [0.2, 0.25) is 0 Å². The molecule has 3 aromatic rings. The minimum atomic E-state index is -0.386. The largest absolute Gasteiger partial charge is 0.463 e. The molecule has 0 saturated heterocycles. The van der Waals surface area contributed by atoms with Crippen molar-refractivity contribution in [1.82, 2.24) is 9.38 Å². The first-order valence-corrected chi connectivity index (χ1v) is 5.68. The van der Waals surface area contributed by atoms with E-state index in [1.165, 1.54) is 10.7 Å². The Morgan fingerprint density at radius 3 is 2.89 bits per heavy atom. The SMILES string of the molecule is Cc1cccn2c(=O)c(C#N)c(-c3ccco3)nc12. The van der Waals surface area contributed by atoms with Gasteiger partial charge in [-0.2, -0.15) is 5.26 Å². The molecule has 0 spiro atoms. The van der Waals surface area contributed by atoms with Gasteiger partial charge >= 0.3 is 0 Å². The van der Waals surface area contributed by atoms with Crippen LogP contribution in [0.4, 0.5) is 0 Å². The van der Waals surface area contributed by atoms with Gasteiger partial charge in [-0.25, -0.2) is 4.98 Å². The van der Waals surface area contributed by atoms with E-state index in [0.717, 1.165) is 5.56 Å². The zero-order valence-corrected chi connectivity index (χ0v) is 10.1. The van der Waals surface area contributed by atoms with Gasteiger partial charge in [-0.05, 0) is 30.7 Å². The van der Waals surface area contributed by atoms with E-state index < -0.39 is 0 Å². The minimum Gasteiger partial charge on any atom is -0.463 e. The van der Waals surface area contributed by atoms with Gasteiger partial charge in [0.15, 0.2) is 5.76 Å². The van der Waals surface area contributed by atoms with Gasteiger partial charge in [0.1, 0.15) is 23.0 Å². The highest BCUT2D eigenvalue weighted by atomic mass is 16.3. The number of hydrogen-bond acceptors (Lipinski definition) is 4. The molecule has 0 bridgehead atoms. The summed E-state index contributed by atoms with van der Waals surface area (Å²) in [5.74, 6) is 0.416. The molecule has 3 rings (SSSR count). The van der Waals surface area contributed by atoms with Crippen LogP contribution in [-0.2, 0) is 0 Å². The Labute approximate surface area is 108 Å². The summed E-state index contributed by atoms with van der Waals surface area (Å²) in [5, 5.41) is 9.18. The fourth-order valence-corrected chi connectivity index (χ4v) is 1.99. The lowest BCUT2D eigenvalue weighted by Gasteiger charge is -2.06. The van der Waals surface area contributed by atoms with Crippen molar-refractivity contribution in [3.05, 3.63) is 58.2 Å². The summed E-state index contributed by atoms with van der Waals surface area (Å²) < 4.78 is 6.62. The van der Waals surface area contributed by atoms with E-state index in [-0.39, 0.29) is 16.8 Å². The van der Waals surface area contributed by atoms with Crippen LogP contribution >= 0.6 is 0 Å². The highest BCUT2D eigenvalue weighted by Gasteiger charge is 2.16. The predicted octanol–water partition coefficient (Wildman–Crippen LogP) is 2.13. The molecule has 5 heteroatoms. The molecule has 0 unspecified atom stereocenters. The van der Waals surface area contributed by atoms with E-state index in [2.05, 4.69) is 4.98 Å². The van der Waals surface area contributed by atoms with Gasteiger partial charge in [0.25, 0.3) is 5.56 Å². The zero-order valence-electron chi connectivity index (χ0n) is 10.1. The van der Waals surface area contributed by atoms with Crippen LogP contribution < -0.4 is 5.56 Å². The zero-order chi connectivity index (χ0) is 13.4. The maximum absolute atomic E-state index is 12.3. The van der Waals surface area contributed by atoms with E-state index in [9.17, 15) is 10.1 Å². The molecule has 0 N–H and O–H groups in total. The van der Waals surface area contributed by atoms with Crippen LogP contribution in [0.25, 0.3) is 17.1 Å². The third-order valence-corrected chi connectivity index (χ3v) is 2.92. The van der Waals surface area contributed by atoms with Crippen molar-refractivity contribution in [1.29, 1.82) is 5.26 Å². The van der Waals surface area contributed by atoms with Crippen LogP contribution in [-0.4, -0.2) is 9.38 Å². The van der Waals surface area contributed by atoms with E-state index in [1.54, 1.807) is 24.4 Å². The van der Waals surface area contributed by atoms with Crippen molar-refractivity contribution >= 4 is 5.65 Å². The van der Waals surface area contributed by atoms with Gasteiger partial charge in [0, 0.05) is 6.20 Å². The van der Waals surface area contributed by atoms with Crippen molar-refractivity contribution in [2.45, 2.75) is 6.92 Å².